The van der Waals surface area contributed by atoms with Crippen molar-refractivity contribution in [2.24, 2.45) is 0 Å². The summed E-state index contributed by atoms with van der Waals surface area (Å²) in [7, 11) is 0. The Labute approximate surface area is 129 Å². The molecule has 112 valence electrons. The molecule has 22 heavy (non-hydrogen) atoms. The van der Waals surface area contributed by atoms with Crippen molar-refractivity contribution in [3.63, 3.8) is 0 Å². The third-order valence-corrected chi connectivity index (χ3v) is 3.15. The molecule has 3 rings (SSSR count). The summed E-state index contributed by atoms with van der Waals surface area (Å²) in [4.78, 5) is 8.87. The second kappa shape index (κ2) is 6.30. The van der Waals surface area contributed by atoms with Gasteiger partial charge in [0.15, 0.2) is 0 Å². The van der Waals surface area contributed by atoms with Crippen LogP contribution in [0.2, 0.25) is 0 Å². The highest BCUT2D eigenvalue weighted by Gasteiger charge is 2.04. The maximum Gasteiger partial charge on any atom is 0.225 e. The third kappa shape index (κ3) is 3.63. The molecule has 0 saturated carbocycles. The second-order valence-corrected chi connectivity index (χ2v) is 5.15. The molecule has 0 unspecified atom stereocenters. The monoisotopic (exact) mass is 294 g/mol. The molecule has 2 heterocycles. The Balaban J connectivity index is 1.74. The number of hydrogen-bond acceptors (Lipinski definition) is 5. The van der Waals surface area contributed by atoms with Crippen LogP contribution in [-0.4, -0.2) is 9.97 Å². The van der Waals surface area contributed by atoms with Gasteiger partial charge < -0.3 is 15.1 Å². The number of nitrogens with one attached hydrogen (secondary N) is 2. The van der Waals surface area contributed by atoms with Crippen LogP contribution in [0.4, 0.5) is 17.5 Å². The fraction of sp³-hybridized carbons (Fsp3) is 0.176. The molecular formula is C17H18N4O. The minimum atomic E-state index is 0.556. The van der Waals surface area contributed by atoms with Gasteiger partial charge in [0.05, 0.1) is 12.8 Å². The van der Waals surface area contributed by atoms with E-state index >= 15 is 0 Å². The molecule has 3 aromatic rings. The van der Waals surface area contributed by atoms with Crippen LogP contribution in [0.5, 0.6) is 0 Å². The van der Waals surface area contributed by atoms with Gasteiger partial charge in [-0.3, -0.25) is 0 Å². The molecular weight excluding hydrogens is 276 g/mol. The topological polar surface area (TPSA) is 63.0 Å². The molecule has 5 heteroatoms. The Morgan fingerprint density at radius 3 is 2.73 bits per heavy atom. The number of benzene rings is 1. The molecule has 2 aromatic heterocycles. The molecule has 0 bridgehead atoms. The van der Waals surface area contributed by atoms with Crippen molar-refractivity contribution in [2.45, 2.75) is 20.4 Å². The highest BCUT2D eigenvalue weighted by atomic mass is 16.3. The first-order chi connectivity index (χ1) is 10.7. The predicted octanol–water partition coefficient (Wildman–Crippen LogP) is 4.04. The van der Waals surface area contributed by atoms with Gasteiger partial charge in [-0.25, -0.2) is 4.98 Å². The van der Waals surface area contributed by atoms with Gasteiger partial charge in [-0.1, -0.05) is 12.1 Å². The van der Waals surface area contributed by atoms with Gasteiger partial charge in [0.2, 0.25) is 5.95 Å². The van der Waals surface area contributed by atoms with Crippen LogP contribution in [0.15, 0.2) is 53.1 Å². The summed E-state index contributed by atoms with van der Waals surface area (Å²) in [6, 6.07) is 13.9. The van der Waals surface area contributed by atoms with E-state index < -0.39 is 0 Å². The van der Waals surface area contributed by atoms with Crippen molar-refractivity contribution in [1.82, 2.24) is 9.97 Å². The summed E-state index contributed by atoms with van der Waals surface area (Å²) in [5.41, 5.74) is 3.11. The Bertz CT molecular complexity index is 753. The smallest absolute Gasteiger partial charge is 0.225 e. The Hall–Kier alpha value is -2.82. The molecule has 0 atom stereocenters. The summed E-state index contributed by atoms with van der Waals surface area (Å²) in [5, 5.41) is 6.47. The SMILES string of the molecule is Cc1cccc(Nc2cc(C)nc(NCc3ccco3)n2)c1. The average molecular weight is 294 g/mol. The molecule has 0 aliphatic carbocycles. The zero-order chi connectivity index (χ0) is 15.4. The minimum absolute atomic E-state index is 0.556. The van der Waals surface area contributed by atoms with Crippen LogP contribution in [0.25, 0.3) is 0 Å². The quantitative estimate of drug-likeness (QED) is 0.743. The summed E-state index contributed by atoms with van der Waals surface area (Å²) in [6.45, 7) is 4.56. The second-order valence-electron chi connectivity index (χ2n) is 5.15. The summed E-state index contributed by atoms with van der Waals surface area (Å²) >= 11 is 0. The van der Waals surface area contributed by atoms with Gasteiger partial charge in [-0.15, -0.1) is 0 Å². The highest BCUT2D eigenvalue weighted by molar-refractivity contribution is 5.58. The number of aryl methyl sites for hydroxylation is 2. The maximum atomic E-state index is 5.29. The van der Waals surface area contributed by atoms with E-state index in [0.717, 1.165) is 23.0 Å². The van der Waals surface area contributed by atoms with Gasteiger partial charge in [-0.05, 0) is 43.7 Å². The number of nitrogens with zero attached hydrogens (tertiary/aromatic N) is 2. The van der Waals surface area contributed by atoms with Gasteiger partial charge in [0.25, 0.3) is 0 Å². The van der Waals surface area contributed by atoms with E-state index in [-0.39, 0.29) is 0 Å². The van der Waals surface area contributed by atoms with E-state index in [0.29, 0.717) is 12.5 Å². The number of aromatic nitrogens is 2. The molecule has 0 radical (unpaired) electrons. The Morgan fingerprint density at radius 2 is 1.95 bits per heavy atom. The molecule has 1 aromatic carbocycles. The molecule has 0 fully saturated rings. The first-order valence-electron chi connectivity index (χ1n) is 7.15. The Kier molecular flexibility index (Phi) is 4.05. The van der Waals surface area contributed by atoms with Crippen LogP contribution >= 0.6 is 0 Å². The van der Waals surface area contributed by atoms with E-state index in [4.69, 9.17) is 4.42 Å². The normalized spacial score (nSPS) is 10.5. The van der Waals surface area contributed by atoms with E-state index in [1.54, 1.807) is 6.26 Å². The number of furan rings is 1. The van der Waals surface area contributed by atoms with Crippen molar-refractivity contribution < 1.29 is 4.42 Å². The molecule has 0 amide bonds. The maximum absolute atomic E-state index is 5.29. The van der Waals surface area contributed by atoms with E-state index in [9.17, 15) is 0 Å². The van der Waals surface area contributed by atoms with Crippen LogP contribution < -0.4 is 10.6 Å². The predicted molar refractivity (Wildman–Crippen MR) is 87.3 cm³/mol. The number of rotatable bonds is 5. The molecule has 0 aliphatic rings. The van der Waals surface area contributed by atoms with E-state index in [1.807, 2.05) is 37.3 Å². The summed E-state index contributed by atoms with van der Waals surface area (Å²) in [5.74, 6) is 2.19. The fourth-order valence-electron chi connectivity index (χ4n) is 2.16. The number of anilines is 3. The number of hydrogen-bond donors (Lipinski definition) is 2. The van der Waals surface area contributed by atoms with Gasteiger partial charge in [-0.2, -0.15) is 4.98 Å². The zero-order valence-corrected chi connectivity index (χ0v) is 12.6. The first kappa shape index (κ1) is 14.1. The molecule has 0 spiro atoms. The minimum Gasteiger partial charge on any atom is -0.467 e. The van der Waals surface area contributed by atoms with Crippen LogP contribution in [0, 0.1) is 13.8 Å². The van der Waals surface area contributed by atoms with Crippen LogP contribution in [-0.2, 0) is 6.54 Å². The molecule has 0 aliphatic heterocycles. The summed E-state index contributed by atoms with van der Waals surface area (Å²) in [6.07, 6.45) is 1.65. The summed E-state index contributed by atoms with van der Waals surface area (Å²) < 4.78 is 5.29. The van der Waals surface area contributed by atoms with Crippen molar-refractivity contribution in [2.75, 3.05) is 10.6 Å². The lowest BCUT2D eigenvalue weighted by Crippen LogP contribution is -2.05. The largest absolute Gasteiger partial charge is 0.467 e. The van der Waals surface area contributed by atoms with Crippen molar-refractivity contribution in [1.29, 1.82) is 0 Å². The van der Waals surface area contributed by atoms with Crippen LogP contribution in [0.3, 0.4) is 0 Å². The van der Waals surface area contributed by atoms with Crippen LogP contribution in [0.1, 0.15) is 17.0 Å². The lowest BCUT2D eigenvalue weighted by Gasteiger charge is -2.10. The highest BCUT2D eigenvalue weighted by Crippen LogP contribution is 2.18. The Morgan fingerprint density at radius 1 is 1.05 bits per heavy atom. The van der Waals surface area contributed by atoms with E-state index in [1.165, 1.54) is 5.56 Å². The molecule has 5 nitrogen and oxygen atoms in total. The van der Waals surface area contributed by atoms with Gasteiger partial charge in [0, 0.05) is 17.4 Å². The molecule has 2 N–H and O–H groups in total. The van der Waals surface area contributed by atoms with E-state index in [2.05, 4.69) is 39.7 Å². The zero-order valence-electron chi connectivity index (χ0n) is 12.6. The standard InChI is InChI=1S/C17H18N4O/c1-12-5-3-6-14(9-12)20-16-10-13(2)19-17(21-16)18-11-15-7-4-8-22-15/h3-10H,11H2,1-2H3,(H2,18,19,20,21). The van der Waals surface area contributed by atoms with Gasteiger partial charge in [0.1, 0.15) is 11.6 Å². The van der Waals surface area contributed by atoms with Crippen molar-refractivity contribution >= 4 is 17.5 Å². The first-order valence-corrected chi connectivity index (χ1v) is 7.15. The van der Waals surface area contributed by atoms with Gasteiger partial charge >= 0.3 is 0 Å². The average Bonchev–Trinajstić information content (AvgIpc) is 2.98. The third-order valence-electron chi connectivity index (χ3n) is 3.15. The van der Waals surface area contributed by atoms with Crippen molar-refractivity contribution in [3.8, 4) is 0 Å². The van der Waals surface area contributed by atoms with Crippen molar-refractivity contribution in [3.05, 3.63) is 65.7 Å². The fourth-order valence-corrected chi connectivity index (χ4v) is 2.16. The lowest BCUT2D eigenvalue weighted by molar-refractivity contribution is 0.517. The molecule has 0 saturated heterocycles. The lowest BCUT2D eigenvalue weighted by atomic mass is 10.2.